The molecular weight excluding hydrogens is 440 g/mol. The van der Waals surface area contributed by atoms with Crippen molar-refractivity contribution in [3.63, 3.8) is 0 Å². The first-order valence-corrected chi connectivity index (χ1v) is 11.7. The van der Waals surface area contributed by atoms with Gasteiger partial charge in [-0.2, -0.15) is 4.52 Å². The van der Waals surface area contributed by atoms with Gasteiger partial charge in [0.2, 0.25) is 5.76 Å². The molecule has 3 aromatic carbocycles. The molecule has 1 aliphatic rings. The summed E-state index contributed by atoms with van der Waals surface area (Å²) in [6.45, 7) is 1.34. The molecule has 0 spiro atoms. The maximum Gasteiger partial charge on any atom is 0.344 e. The molecule has 3 heterocycles. The molecule has 174 valence electrons. The largest absolute Gasteiger partial charge is 0.423 e. The Morgan fingerprint density at radius 3 is 2.37 bits per heavy atom. The number of hydrogen-bond acceptors (Lipinski definition) is 5. The number of para-hydroxylation sites is 1. The van der Waals surface area contributed by atoms with Crippen LogP contribution in [0.3, 0.4) is 0 Å². The number of ether oxygens (including phenoxy) is 1. The average Bonchev–Trinajstić information content (AvgIpc) is 3.62. The number of amides is 1. The number of fused-ring (bicyclic) bond motifs is 1. The molecule has 0 bridgehead atoms. The van der Waals surface area contributed by atoms with Gasteiger partial charge in [-0.05, 0) is 29.7 Å². The predicted molar refractivity (Wildman–Crippen MR) is 131 cm³/mol. The van der Waals surface area contributed by atoms with Crippen molar-refractivity contribution in [2.24, 2.45) is 0 Å². The van der Waals surface area contributed by atoms with Gasteiger partial charge in [-0.3, -0.25) is 4.79 Å². The summed E-state index contributed by atoms with van der Waals surface area (Å²) in [5.74, 6) is 1.34. The number of benzene rings is 3. The van der Waals surface area contributed by atoms with Crippen LogP contribution in [0.25, 0.3) is 5.84 Å². The van der Waals surface area contributed by atoms with Crippen molar-refractivity contribution in [1.29, 1.82) is 0 Å². The molecular formula is C28H24N4O3. The van der Waals surface area contributed by atoms with Crippen LogP contribution in [0.15, 0.2) is 95.4 Å². The first-order valence-electron chi connectivity index (χ1n) is 11.7. The molecule has 7 heteroatoms. The van der Waals surface area contributed by atoms with Gasteiger partial charge >= 0.3 is 11.9 Å². The molecule has 7 nitrogen and oxygen atoms in total. The summed E-state index contributed by atoms with van der Waals surface area (Å²) in [5, 5.41) is 4.52. The van der Waals surface area contributed by atoms with E-state index in [4.69, 9.17) is 9.15 Å². The Bertz CT molecular complexity index is 1450. The second-order valence-corrected chi connectivity index (χ2v) is 8.69. The average molecular weight is 465 g/mol. The maximum absolute atomic E-state index is 13.6. The van der Waals surface area contributed by atoms with Gasteiger partial charge in [0.25, 0.3) is 5.91 Å². The van der Waals surface area contributed by atoms with Gasteiger partial charge in [0.15, 0.2) is 0 Å². The van der Waals surface area contributed by atoms with Crippen molar-refractivity contribution in [2.45, 2.75) is 18.8 Å². The van der Waals surface area contributed by atoms with Crippen molar-refractivity contribution in [2.75, 3.05) is 13.1 Å². The highest BCUT2D eigenvalue weighted by molar-refractivity contribution is 5.93. The Morgan fingerprint density at radius 2 is 1.63 bits per heavy atom. The van der Waals surface area contributed by atoms with Crippen LogP contribution in [-0.4, -0.2) is 38.5 Å². The van der Waals surface area contributed by atoms with Crippen LogP contribution in [0.4, 0.5) is 0 Å². The van der Waals surface area contributed by atoms with Gasteiger partial charge in [-0.1, -0.05) is 78.9 Å². The zero-order valence-corrected chi connectivity index (χ0v) is 19.1. The topological polar surface area (TPSA) is 72.9 Å². The first-order chi connectivity index (χ1) is 17.2. The Balaban J connectivity index is 1.32. The number of rotatable bonds is 6. The molecule has 6 rings (SSSR count). The number of hydrogen-bond donors (Lipinski definition) is 0. The molecule has 1 saturated heterocycles. The second-order valence-electron chi connectivity index (χ2n) is 8.69. The second kappa shape index (κ2) is 9.10. The van der Waals surface area contributed by atoms with Gasteiger partial charge in [0.05, 0.1) is 0 Å². The summed E-state index contributed by atoms with van der Waals surface area (Å²) in [5.41, 5.74) is 2.97. The summed E-state index contributed by atoms with van der Waals surface area (Å²) in [4.78, 5) is 19.9. The molecule has 2 aromatic heterocycles. The minimum Gasteiger partial charge on any atom is -0.423 e. The van der Waals surface area contributed by atoms with Crippen LogP contribution in [0, 0.1) is 0 Å². The molecule has 1 fully saturated rings. The fourth-order valence-electron chi connectivity index (χ4n) is 4.60. The molecule has 0 N–H and O–H groups in total. The molecule has 35 heavy (non-hydrogen) atoms. The molecule has 0 saturated carbocycles. The monoisotopic (exact) mass is 464 g/mol. The Hall–Kier alpha value is -4.39. The fourth-order valence-corrected chi connectivity index (χ4v) is 4.60. The number of aromatic nitrogens is 3. The molecule has 1 amide bonds. The van der Waals surface area contributed by atoms with Crippen molar-refractivity contribution in [3.05, 3.63) is 114 Å². The van der Waals surface area contributed by atoms with Gasteiger partial charge in [-0.25, -0.2) is 0 Å². The van der Waals surface area contributed by atoms with Crippen molar-refractivity contribution >= 4 is 11.8 Å². The third-order valence-electron chi connectivity index (χ3n) is 6.38. The molecule has 1 aliphatic heterocycles. The van der Waals surface area contributed by atoms with E-state index in [1.165, 1.54) is 5.56 Å². The van der Waals surface area contributed by atoms with E-state index in [1.807, 2.05) is 83.8 Å². The van der Waals surface area contributed by atoms with Gasteiger partial charge < -0.3 is 14.1 Å². The van der Waals surface area contributed by atoms with E-state index >= 15 is 0 Å². The van der Waals surface area contributed by atoms with E-state index in [2.05, 4.69) is 22.2 Å². The van der Waals surface area contributed by atoms with E-state index in [-0.39, 0.29) is 23.5 Å². The van der Waals surface area contributed by atoms with Crippen molar-refractivity contribution < 1.29 is 13.9 Å². The molecule has 0 radical (unpaired) electrons. The number of nitrogens with zero attached hydrogens (tertiary/aromatic N) is 4. The SMILES string of the molecule is O=C(c1oc2nc(Oc3ccccc3)nn2c1Cc1ccccc1)N1CCC(c2ccccc2)C1. The predicted octanol–water partition coefficient (Wildman–Crippen LogP) is 5.34. The number of carbonyl (C=O) groups is 1. The van der Waals surface area contributed by atoms with Gasteiger partial charge in [0, 0.05) is 25.4 Å². The molecule has 1 unspecified atom stereocenters. The van der Waals surface area contributed by atoms with Gasteiger partial charge in [0.1, 0.15) is 11.4 Å². The number of carbonyl (C=O) groups excluding carboxylic acids is 1. The zero-order valence-electron chi connectivity index (χ0n) is 19.1. The summed E-state index contributed by atoms with van der Waals surface area (Å²) >= 11 is 0. The van der Waals surface area contributed by atoms with Crippen LogP contribution >= 0.6 is 0 Å². The number of likely N-dealkylation sites (tertiary alicyclic amines) is 1. The van der Waals surface area contributed by atoms with Crippen LogP contribution in [0.2, 0.25) is 0 Å². The highest BCUT2D eigenvalue weighted by atomic mass is 16.5. The fraction of sp³-hybridized carbons (Fsp3) is 0.179. The number of oxazole rings is 1. The third kappa shape index (κ3) is 4.28. The van der Waals surface area contributed by atoms with E-state index in [9.17, 15) is 4.79 Å². The highest BCUT2D eigenvalue weighted by Crippen LogP contribution is 2.30. The van der Waals surface area contributed by atoms with Crippen LogP contribution < -0.4 is 4.74 Å². The third-order valence-corrected chi connectivity index (χ3v) is 6.38. The maximum atomic E-state index is 13.6. The first kappa shape index (κ1) is 21.2. The lowest BCUT2D eigenvalue weighted by molar-refractivity contribution is 0.0759. The van der Waals surface area contributed by atoms with Crippen molar-refractivity contribution in [1.82, 2.24) is 19.5 Å². The van der Waals surface area contributed by atoms with Crippen LogP contribution in [0.5, 0.6) is 11.8 Å². The lowest BCUT2D eigenvalue weighted by Crippen LogP contribution is -2.29. The minimum absolute atomic E-state index is 0.132. The highest BCUT2D eigenvalue weighted by Gasteiger charge is 2.33. The molecule has 1 atom stereocenters. The Labute approximate surface area is 202 Å². The lowest BCUT2D eigenvalue weighted by atomic mass is 9.99. The van der Waals surface area contributed by atoms with E-state index in [1.54, 1.807) is 4.52 Å². The van der Waals surface area contributed by atoms with Crippen molar-refractivity contribution in [3.8, 4) is 11.8 Å². The normalized spacial score (nSPS) is 15.5. The molecule has 0 aliphatic carbocycles. The Kier molecular flexibility index (Phi) is 5.50. The summed E-state index contributed by atoms with van der Waals surface area (Å²) in [6.07, 6.45) is 1.41. The lowest BCUT2D eigenvalue weighted by Gasteiger charge is -2.16. The van der Waals surface area contributed by atoms with Crippen LogP contribution in [0.1, 0.15) is 39.7 Å². The quantitative estimate of drug-likeness (QED) is 0.339. The standard InChI is InChI=1S/C28H24N4O3/c33-26(31-17-16-22(19-31)21-12-6-2-7-13-21)25-24(18-20-10-4-1-5-11-20)32-28(35-25)29-27(30-32)34-23-14-8-3-9-15-23/h1-15,22H,16-19H2. The smallest absolute Gasteiger partial charge is 0.344 e. The van der Waals surface area contributed by atoms with Gasteiger partial charge in [-0.15, -0.1) is 10.1 Å². The van der Waals surface area contributed by atoms with E-state index < -0.39 is 0 Å². The zero-order chi connectivity index (χ0) is 23.6. The van der Waals surface area contributed by atoms with E-state index in [0.717, 1.165) is 12.0 Å². The molecule has 5 aromatic rings. The summed E-state index contributed by atoms with van der Waals surface area (Å²) in [7, 11) is 0. The van der Waals surface area contributed by atoms with E-state index in [0.29, 0.717) is 36.9 Å². The van der Waals surface area contributed by atoms with Crippen LogP contribution in [-0.2, 0) is 6.42 Å². The summed E-state index contributed by atoms with van der Waals surface area (Å²) in [6, 6.07) is 29.8. The minimum atomic E-state index is -0.132. The Morgan fingerprint density at radius 1 is 0.943 bits per heavy atom. The summed E-state index contributed by atoms with van der Waals surface area (Å²) < 4.78 is 13.4.